The summed E-state index contributed by atoms with van der Waals surface area (Å²) in [5.41, 5.74) is 0. The summed E-state index contributed by atoms with van der Waals surface area (Å²) in [5, 5.41) is 3.03. The van der Waals surface area contributed by atoms with E-state index in [4.69, 9.17) is 4.74 Å². The quantitative estimate of drug-likeness (QED) is 0.699. The molecule has 2 unspecified atom stereocenters. The van der Waals surface area contributed by atoms with E-state index in [1.54, 1.807) is 4.90 Å². The summed E-state index contributed by atoms with van der Waals surface area (Å²) < 4.78 is 5.38. The fourth-order valence-electron chi connectivity index (χ4n) is 1.73. The van der Waals surface area contributed by atoms with Crippen LogP contribution in [0, 0.1) is 5.92 Å². The fourth-order valence-corrected chi connectivity index (χ4v) is 1.73. The molecule has 0 aromatic heterocycles. The number of nitrogens with zero attached hydrogens (tertiary/aromatic N) is 1. The second-order valence-electron chi connectivity index (χ2n) is 3.83. The maximum atomic E-state index is 11.9. The Morgan fingerprint density at radius 3 is 2.86 bits per heavy atom. The first-order valence-electron chi connectivity index (χ1n) is 5.18. The average molecular weight is 200 g/mol. The highest BCUT2D eigenvalue weighted by atomic mass is 16.5. The first kappa shape index (κ1) is 11.5. The second kappa shape index (κ2) is 5.32. The highest BCUT2D eigenvalue weighted by Crippen LogP contribution is 2.21. The van der Waals surface area contributed by atoms with Gasteiger partial charge in [0.25, 0.3) is 0 Å². The number of carbonyl (C=O) groups excluding carboxylic acids is 1. The molecule has 4 heteroatoms. The minimum absolute atomic E-state index is 0.0665. The Morgan fingerprint density at radius 1 is 1.64 bits per heavy atom. The smallest absolute Gasteiger partial charge is 0.228 e. The monoisotopic (exact) mass is 200 g/mol. The van der Waals surface area contributed by atoms with Gasteiger partial charge in [0.1, 0.15) is 0 Å². The van der Waals surface area contributed by atoms with Crippen molar-refractivity contribution in [2.24, 2.45) is 5.92 Å². The van der Waals surface area contributed by atoms with Crippen molar-refractivity contribution in [2.75, 3.05) is 33.8 Å². The van der Waals surface area contributed by atoms with Crippen LogP contribution < -0.4 is 5.32 Å². The Morgan fingerprint density at radius 2 is 2.36 bits per heavy atom. The predicted octanol–water partition coefficient (Wildman–Crippen LogP) is 0.0892. The lowest BCUT2D eigenvalue weighted by molar-refractivity contribution is -0.135. The van der Waals surface area contributed by atoms with Crippen molar-refractivity contribution in [2.45, 2.75) is 19.4 Å². The van der Waals surface area contributed by atoms with Gasteiger partial charge in [0.05, 0.1) is 12.0 Å². The molecule has 0 radical (unpaired) electrons. The molecule has 1 heterocycles. The van der Waals surface area contributed by atoms with Gasteiger partial charge in [-0.15, -0.1) is 0 Å². The van der Waals surface area contributed by atoms with Gasteiger partial charge >= 0.3 is 0 Å². The summed E-state index contributed by atoms with van der Waals surface area (Å²) in [5.74, 6) is 0.280. The highest BCUT2D eigenvalue weighted by Gasteiger charge is 2.32. The van der Waals surface area contributed by atoms with E-state index in [0.29, 0.717) is 0 Å². The molecule has 14 heavy (non-hydrogen) atoms. The second-order valence-corrected chi connectivity index (χ2v) is 3.83. The van der Waals surface area contributed by atoms with Crippen molar-refractivity contribution >= 4 is 5.91 Å². The lowest BCUT2D eigenvalue weighted by atomic mass is 10.0. The molecule has 1 rings (SSSR count). The van der Waals surface area contributed by atoms with Crippen molar-refractivity contribution in [3.05, 3.63) is 0 Å². The van der Waals surface area contributed by atoms with Crippen molar-refractivity contribution < 1.29 is 9.53 Å². The molecule has 1 aliphatic heterocycles. The number of hydrogen-bond acceptors (Lipinski definition) is 3. The molecule has 2 atom stereocenters. The highest BCUT2D eigenvalue weighted by molar-refractivity contribution is 5.79. The Hall–Kier alpha value is -0.610. The molecule has 0 bridgehead atoms. The van der Waals surface area contributed by atoms with Gasteiger partial charge in [-0.05, 0) is 20.4 Å². The van der Waals surface area contributed by atoms with Gasteiger partial charge in [-0.1, -0.05) is 0 Å². The van der Waals surface area contributed by atoms with E-state index >= 15 is 0 Å². The molecule has 0 saturated carbocycles. The molecule has 0 aromatic rings. The molecule has 1 aliphatic rings. The van der Waals surface area contributed by atoms with E-state index < -0.39 is 0 Å². The number of nitrogens with one attached hydrogen (secondary N) is 1. The zero-order chi connectivity index (χ0) is 10.6. The van der Waals surface area contributed by atoms with Gasteiger partial charge in [0.2, 0.25) is 5.91 Å². The molecule has 1 saturated heterocycles. The summed E-state index contributed by atoms with van der Waals surface area (Å²) in [6.07, 6.45) is 0.948. The van der Waals surface area contributed by atoms with Crippen LogP contribution in [0.3, 0.4) is 0 Å². The van der Waals surface area contributed by atoms with Crippen LogP contribution in [0.15, 0.2) is 0 Å². The molecule has 1 fully saturated rings. The molecular weight excluding hydrogens is 180 g/mol. The van der Waals surface area contributed by atoms with Gasteiger partial charge in [-0.3, -0.25) is 4.79 Å². The number of ether oxygens (including phenoxy) is 1. The largest absolute Gasteiger partial charge is 0.378 e. The zero-order valence-corrected chi connectivity index (χ0v) is 9.25. The van der Waals surface area contributed by atoms with Crippen LogP contribution in [0.1, 0.15) is 13.3 Å². The number of likely N-dealkylation sites (N-methyl/N-ethyl adjacent to an activating group) is 2. The minimum Gasteiger partial charge on any atom is -0.378 e. The van der Waals surface area contributed by atoms with E-state index in [9.17, 15) is 4.79 Å². The summed E-state index contributed by atoms with van der Waals surface area (Å²) in [6.45, 7) is 4.29. The van der Waals surface area contributed by atoms with Crippen LogP contribution in [0.5, 0.6) is 0 Å². The predicted molar refractivity (Wildman–Crippen MR) is 55.1 cm³/mol. The molecule has 0 spiro atoms. The van der Waals surface area contributed by atoms with Crippen LogP contribution in [0.25, 0.3) is 0 Å². The van der Waals surface area contributed by atoms with Crippen molar-refractivity contribution in [3.63, 3.8) is 0 Å². The Balaban J connectivity index is 2.39. The summed E-state index contributed by atoms with van der Waals surface area (Å²) >= 11 is 0. The lowest BCUT2D eigenvalue weighted by Crippen LogP contribution is -2.39. The lowest BCUT2D eigenvalue weighted by Gasteiger charge is -2.22. The van der Waals surface area contributed by atoms with Gasteiger partial charge < -0.3 is 15.0 Å². The van der Waals surface area contributed by atoms with Crippen molar-refractivity contribution in [1.29, 1.82) is 0 Å². The normalized spacial score (nSPS) is 26.5. The third kappa shape index (κ3) is 2.69. The van der Waals surface area contributed by atoms with E-state index in [-0.39, 0.29) is 17.9 Å². The van der Waals surface area contributed by atoms with Gasteiger partial charge in [-0.2, -0.15) is 0 Å². The SMILES string of the molecule is CNCCN(C)C(=O)C1CCOC1C. The van der Waals surface area contributed by atoms with Crippen LogP contribution >= 0.6 is 0 Å². The molecule has 1 amide bonds. The third-order valence-electron chi connectivity index (χ3n) is 2.77. The topological polar surface area (TPSA) is 41.6 Å². The van der Waals surface area contributed by atoms with Gasteiger partial charge in [-0.25, -0.2) is 0 Å². The van der Waals surface area contributed by atoms with Gasteiger partial charge in [0.15, 0.2) is 0 Å². The van der Waals surface area contributed by atoms with E-state index in [0.717, 1.165) is 26.1 Å². The molecule has 82 valence electrons. The van der Waals surface area contributed by atoms with Crippen LogP contribution in [0.4, 0.5) is 0 Å². The number of carbonyl (C=O) groups is 1. The van der Waals surface area contributed by atoms with Crippen LogP contribution in [0.2, 0.25) is 0 Å². The van der Waals surface area contributed by atoms with E-state index in [1.807, 2.05) is 21.0 Å². The van der Waals surface area contributed by atoms with Crippen LogP contribution in [-0.2, 0) is 9.53 Å². The summed E-state index contributed by atoms with van der Waals surface area (Å²) in [6, 6.07) is 0. The fraction of sp³-hybridized carbons (Fsp3) is 0.900. The standard InChI is InChI=1S/C10H20N2O2/c1-8-9(4-7-14-8)10(13)12(3)6-5-11-2/h8-9,11H,4-7H2,1-3H3. The number of hydrogen-bond donors (Lipinski definition) is 1. The summed E-state index contributed by atoms with van der Waals surface area (Å²) in [7, 11) is 3.74. The number of amides is 1. The first-order valence-corrected chi connectivity index (χ1v) is 5.18. The molecule has 0 aliphatic carbocycles. The first-order chi connectivity index (χ1) is 6.66. The molecule has 0 aromatic carbocycles. The van der Waals surface area contributed by atoms with Crippen molar-refractivity contribution in [3.8, 4) is 0 Å². The van der Waals surface area contributed by atoms with E-state index in [1.165, 1.54) is 0 Å². The summed E-state index contributed by atoms with van der Waals surface area (Å²) in [4.78, 5) is 13.7. The molecular formula is C10H20N2O2. The molecule has 1 N–H and O–H groups in total. The minimum atomic E-state index is 0.0665. The third-order valence-corrected chi connectivity index (χ3v) is 2.77. The van der Waals surface area contributed by atoms with Crippen molar-refractivity contribution in [1.82, 2.24) is 10.2 Å². The Labute approximate surface area is 85.6 Å². The number of rotatable bonds is 4. The maximum absolute atomic E-state index is 11.9. The Bertz CT molecular complexity index is 197. The zero-order valence-electron chi connectivity index (χ0n) is 9.25. The molecule has 4 nitrogen and oxygen atoms in total. The van der Waals surface area contributed by atoms with Crippen LogP contribution in [-0.4, -0.2) is 50.7 Å². The maximum Gasteiger partial charge on any atom is 0.228 e. The Kier molecular flexibility index (Phi) is 4.35. The van der Waals surface area contributed by atoms with Gasteiger partial charge in [0, 0.05) is 26.7 Å². The van der Waals surface area contributed by atoms with E-state index in [2.05, 4.69) is 5.32 Å². The average Bonchev–Trinajstić information content (AvgIpc) is 2.59.